The monoisotopic (exact) mass is 365 g/mol. The van der Waals surface area contributed by atoms with Crippen molar-refractivity contribution >= 4 is 29.2 Å². The zero-order valence-corrected chi connectivity index (χ0v) is 15.5. The lowest BCUT2D eigenvalue weighted by Gasteiger charge is -2.15. The number of nitrogens with one attached hydrogen (secondary N) is 1. The SMILES string of the molecule is COc1ccc(Cl)cc1NC(=O)[C@@H](C)OC(=O)c1c(C)oc(C)c1C. The van der Waals surface area contributed by atoms with E-state index in [1.165, 1.54) is 14.0 Å². The topological polar surface area (TPSA) is 77.8 Å². The Kier molecular flexibility index (Phi) is 5.74. The number of ether oxygens (including phenoxy) is 2. The van der Waals surface area contributed by atoms with Gasteiger partial charge in [-0.1, -0.05) is 11.6 Å². The van der Waals surface area contributed by atoms with Gasteiger partial charge in [-0.05, 0) is 45.9 Å². The standard InChI is InChI=1S/C18H20ClNO5/c1-9-10(2)24-11(3)16(9)18(22)25-12(4)17(21)20-14-8-13(19)6-7-15(14)23-5/h6-8,12H,1-5H3,(H,20,21)/t12-/m1/s1. The molecule has 0 aliphatic heterocycles. The second-order valence-corrected chi connectivity index (χ2v) is 6.03. The molecule has 0 radical (unpaired) electrons. The molecule has 1 aromatic heterocycles. The van der Waals surface area contributed by atoms with Gasteiger partial charge in [0.05, 0.1) is 12.8 Å². The molecule has 1 atom stereocenters. The molecule has 134 valence electrons. The number of anilines is 1. The molecular formula is C18H20ClNO5. The number of aryl methyl sites for hydroxylation is 2. The van der Waals surface area contributed by atoms with Crippen molar-refractivity contribution in [1.82, 2.24) is 0 Å². The zero-order valence-electron chi connectivity index (χ0n) is 14.7. The Morgan fingerprint density at radius 1 is 1.20 bits per heavy atom. The number of carbonyl (C=O) groups is 2. The van der Waals surface area contributed by atoms with Crippen LogP contribution in [-0.2, 0) is 9.53 Å². The van der Waals surface area contributed by atoms with E-state index < -0.39 is 18.0 Å². The Morgan fingerprint density at radius 2 is 1.88 bits per heavy atom. The molecule has 0 bridgehead atoms. The number of esters is 1. The highest BCUT2D eigenvalue weighted by Gasteiger charge is 2.25. The maximum absolute atomic E-state index is 12.3. The first kappa shape index (κ1) is 18.9. The van der Waals surface area contributed by atoms with E-state index in [0.717, 1.165) is 0 Å². The number of rotatable bonds is 5. The van der Waals surface area contributed by atoms with Gasteiger partial charge in [0.25, 0.3) is 5.91 Å². The lowest BCUT2D eigenvalue weighted by molar-refractivity contribution is -0.123. The van der Waals surface area contributed by atoms with Gasteiger partial charge in [-0.2, -0.15) is 0 Å². The fraction of sp³-hybridized carbons (Fsp3) is 0.333. The van der Waals surface area contributed by atoms with Crippen LogP contribution in [0.5, 0.6) is 5.75 Å². The molecule has 0 aliphatic carbocycles. The van der Waals surface area contributed by atoms with Crippen molar-refractivity contribution in [3.8, 4) is 5.75 Å². The second-order valence-electron chi connectivity index (χ2n) is 5.60. The molecule has 0 fully saturated rings. The fourth-order valence-electron chi connectivity index (χ4n) is 2.38. The summed E-state index contributed by atoms with van der Waals surface area (Å²) in [6.07, 6.45) is -1.01. The maximum Gasteiger partial charge on any atom is 0.342 e. The summed E-state index contributed by atoms with van der Waals surface area (Å²) in [5, 5.41) is 3.09. The van der Waals surface area contributed by atoms with Crippen LogP contribution >= 0.6 is 11.6 Å². The van der Waals surface area contributed by atoms with E-state index in [2.05, 4.69) is 5.32 Å². The van der Waals surface area contributed by atoms with Crippen molar-refractivity contribution in [2.24, 2.45) is 0 Å². The molecule has 2 rings (SSSR count). The molecule has 25 heavy (non-hydrogen) atoms. The number of halogens is 1. The summed E-state index contributed by atoms with van der Waals surface area (Å²) in [6, 6.07) is 4.84. The van der Waals surface area contributed by atoms with Crippen molar-refractivity contribution in [3.63, 3.8) is 0 Å². The van der Waals surface area contributed by atoms with E-state index in [4.69, 9.17) is 25.5 Å². The highest BCUT2D eigenvalue weighted by molar-refractivity contribution is 6.31. The maximum atomic E-state index is 12.3. The lowest BCUT2D eigenvalue weighted by atomic mass is 10.1. The van der Waals surface area contributed by atoms with E-state index in [9.17, 15) is 9.59 Å². The Balaban J connectivity index is 2.10. The minimum absolute atomic E-state index is 0.345. The van der Waals surface area contributed by atoms with E-state index in [0.29, 0.717) is 39.1 Å². The third-order valence-corrected chi connectivity index (χ3v) is 4.07. The molecule has 1 N–H and O–H groups in total. The summed E-state index contributed by atoms with van der Waals surface area (Å²) in [5.41, 5.74) is 1.44. The summed E-state index contributed by atoms with van der Waals surface area (Å²) in [7, 11) is 1.48. The summed E-state index contributed by atoms with van der Waals surface area (Å²) in [6.45, 7) is 6.70. The quantitative estimate of drug-likeness (QED) is 0.809. The third kappa shape index (κ3) is 4.14. The summed E-state index contributed by atoms with van der Waals surface area (Å²) in [5.74, 6) is 0.458. The minimum Gasteiger partial charge on any atom is -0.495 e. The van der Waals surface area contributed by atoms with Crippen LogP contribution in [0, 0.1) is 20.8 Å². The first-order chi connectivity index (χ1) is 11.7. The molecular weight excluding hydrogens is 346 g/mol. The first-order valence-electron chi connectivity index (χ1n) is 7.66. The van der Waals surface area contributed by atoms with Crippen molar-refractivity contribution in [1.29, 1.82) is 0 Å². The molecule has 1 amide bonds. The number of hydrogen-bond donors (Lipinski definition) is 1. The Labute approximate surface area is 151 Å². The van der Waals surface area contributed by atoms with Crippen LogP contribution in [0.3, 0.4) is 0 Å². The summed E-state index contributed by atoms with van der Waals surface area (Å²) in [4.78, 5) is 24.7. The number of methoxy groups -OCH3 is 1. The highest BCUT2D eigenvalue weighted by atomic mass is 35.5. The van der Waals surface area contributed by atoms with Gasteiger partial charge in [0.15, 0.2) is 6.10 Å². The van der Waals surface area contributed by atoms with Crippen LogP contribution in [0.4, 0.5) is 5.69 Å². The van der Waals surface area contributed by atoms with Gasteiger partial charge in [-0.3, -0.25) is 4.79 Å². The Morgan fingerprint density at radius 3 is 2.44 bits per heavy atom. The van der Waals surface area contributed by atoms with E-state index in [1.54, 1.807) is 39.0 Å². The largest absolute Gasteiger partial charge is 0.495 e. The molecule has 0 saturated heterocycles. The molecule has 0 saturated carbocycles. The number of furan rings is 1. The average molecular weight is 366 g/mol. The molecule has 1 heterocycles. The lowest BCUT2D eigenvalue weighted by Crippen LogP contribution is -2.30. The predicted molar refractivity (Wildman–Crippen MR) is 94.4 cm³/mol. The van der Waals surface area contributed by atoms with Crippen LogP contribution in [0.25, 0.3) is 0 Å². The second kappa shape index (κ2) is 7.61. The first-order valence-corrected chi connectivity index (χ1v) is 8.04. The molecule has 0 unspecified atom stereocenters. The van der Waals surface area contributed by atoms with Crippen molar-refractivity contribution in [2.45, 2.75) is 33.8 Å². The normalized spacial score (nSPS) is 11.8. The van der Waals surface area contributed by atoms with Crippen LogP contribution in [-0.4, -0.2) is 25.1 Å². The van der Waals surface area contributed by atoms with Crippen molar-refractivity contribution < 1.29 is 23.5 Å². The molecule has 0 aliphatic rings. The minimum atomic E-state index is -1.01. The van der Waals surface area contributed by atoms with Crippen LogP contribution < -0.4 is 10.1 Å². The highest BCUT2D eigenvalue weighted by Crippen LogP contribution is 2.28. The predicted octanol–water partition coefficient (Wildman–Crippen LogP) is 4.05. The summed E-state index contributed by atoms with van der Waals surface area (Å²) >= 11 is 5.94. The van der Waals surface area contributed by atoms with Gasteiger partial charge >= 0.3 is 5.97 Å². The molecule has 2 aromatic rings. The van der Waals surface area contributed by atoms with Crippen molar-refractivity contribution in [2.75, 3.05) is 12.4 Å². The van der Waals surface area contributed by atoms with Gasteiger partial charge in [0.2, 0.25) is 0 Å². The number of hydrogen-bond acceptors (Lipinski definition) is 5. The summed E-state index contributed by atoms with van der Waals surface area (Å²) < 4.78 is 15.9. The number of carbonyl (C=O) groups excluding carboxylic acids is 2. The van der Waals surface area contributed by atoms with E-state index >= 15 is 0 Å². The molecule has 7 heteroatoms. The zero-order chi connectivity index (χ0) is 18.7. The molecule has 1 aromatic carbocycles. The van der Waals surface area contributed by atoms with Gasteiger partial charge in [0, 0.05) is 10.6 Å². The van der Waals surface area contributed by atoms with Crippen LogP contribution in [0.15, 0.2) is 22.6 Å². The fourth-order valence-corrected chi connectivity index (χ4v) is 2.55. The van der Waals surface area contributed by atoms with Gasteiger partial charge < -0.3 is 19.2 Å². The number of benzene rings is 1. The van der Waals surface area contributed by atoms with Crippen LogP contribution in [0.1, 0.15) is 34.4 Å². The Hall–Kier alpha value is -2.47. The van der Waals surface area contributed by atoms with Gasteiger partial charge in [0.1, 0.15) is 22.8 Å². The van der Waals surface area contributed by atoms with Crippen LogP contribution in [0.2, 0.25) is 5.02 Å². The van der Waals surface area contributed by atoms with Gasteiger partial charge in [-0.15, -0.1) is 0 Å². The Bertz CT molecular complexity index is 812. The number of amides is 1. The average Bonchev–Trinajstić information content (AvgIpc) is 2.80. The third-order valence-electron chi connectivity index (χ3n) is 3.84. The van der Waals surface area contributed by atoms with E-state index in [-0.39, 0.29) is 0 Å². The molecule has 6 nitrogen and oxygen atoms in total. The van der Waals surface area contributed by atoms with Crippen molar-refractivity contribution in [3.05, 3.63) is 45.9 Å². The molecule has 0 spiro atoms. The van der Waals surface area contributed by atoms with E-state index in [1.807, 2.05) is 0 Å². The smallest absolute Gasteiger partial charge is 0.342 e. The van der Waals surface area contributed by atoms with Gasteiger partial charge in [-0.25, -0.2) is 4.79 Å².